The van der Waals surface area contributed by atoms with Crippen molar-refractivity contribution in [3.8, 4) is 5.75 Å². The molecule has 3 unspecified atom stereocenters. The van der Waals surface area contributed by atoms with Crippen molar-refractivity contribution in [3.05, 3.63) is 29.8 Å². The average molecular weight is 451 g/mol. The number of phenolic OH excluding ortho intramolecular Hbond substituents is 1. The minimum absolute atomic E-state index is 0.0625. The number of nitrogens with two attached hydrogens (primary N) is 1. The van der Waals surface area contributed by atoms with E-state index in [-0.39, 0.29) is 24.0 Å². The number of rotatable bonds is 12. The standard InChI is InChI=1S/C22H34N4O6/c1-12(2)9-16(23)20(29)25-17(10-14-5-7-15(27)8-6-14)21(30)24-11-18(28)26-19(13(3)4)22(31)32/h5-8,12-13,16-17,19,27H,9-11,23H2,1-4H3,(H,24,30)(H,25,29)(H,26,28)(H,31,32). The van der Waals surface area contributed by atoms with Gasteiger partial charge in [0.1, 0.15) is 17.8 Å². The molecule has 1 rings (SSSR count). The quantitative estimate of drug-likeness (QED) is 0.263. The van der Waals surface area contributed by atoms with Crippen LogP contribution in [0.15, 0.2) is 24.3 Å². The minimum Gasteiger partial charge on any atom is -0.508 e. The smallest absolute Gasteiger partial charge is 0.326 e. The number of carboxylic acid groups (broad SMARTS) is 1. The minimum atomic E-state index is -1.17. The van der Waals surface area contributed by atoms with Crippen molar-refractivity contribution in [1.82, 2.24) is 16.0 Å². The van der Waals surface area contributed by atoms with Crippen LogP contribution >= 0.6 is 0 Å². The van der Waals surface area contributed by atoms with Gasteiger partial charge < -0.3 is 31.9 Å². The number of phenols is 1. The number of nitrogens with one attached hydrogen (secondary N) is 3. The summed E-state index contributed by atoms with van der Waals surface area (Å²) in [5.74, 6) is -3.03. The van der Waals surface area contributed by atoms with Gasteiger partial charge in [-0.25, -0.2) is 4.79 Å². The fourth-order valence-corrected chi connectivity index (χ4v) is 3.00. The molecule has 3 atom stereocenters. The van der Waals surface area contributed by atoms with E-state index in [0.29, 0.717) is 12.0 Å². The molecular weight excluding hydrogens is 416 g/mol. The number of hydrogen-bond donors (Lipinski definition) is 6. The van der Waals surface area contributed by atoms with Gasteiger partial charge in [0.2, 0.25) is 17.7 Å². The van der Waals surface area contributed by atoms with E-state index in [4.69, 9.17) is 5.73 Å². The van der Waals surface area contributed by atoms with Gasteiger partial charge in [0, 0.05) is 6.42 Å². The Morgan fingerprint density at radius 2 is 1.56 bits per heavy atom. The molecule has 0 aliphatic carbocycles. The summed E-state index contributed by atoms with van der Waals surface area (Å²) in [6.45, 7) is 6.71. The van der Waals surface area contributed by atoms with E-state index in [9.17, 15) is 29.4 Å². The zero-order valence-corrected chi connectivity index (χ0v) is 18.9. The molecule has 0 bridgehead atoms. The summed E-state index contributed by atoms with van der Waals surface area (Å²) in [6.07, 6.45) is 0.547. The van der Waals surface area contributed by atoms with E-state index in [0.717, 1.165) is 0 Å². The Bertz CT molecular complexity index is 794. The van der Waals surface area contributed by atoms with E-state index >= 15 is 0 Å². The largest absolute Gasteiger partial charge is 0.508 e. The van der Waals surface area contributed by atoms with Gasteiger partial charge in [-0.15, -0.1) is 0 Å². The summed E-state index contributed by atoms with van der Waals surface area (Å²) in [4.78, 5) is 48.6. The lowest BCUT2D eigenvalue weighted by Gasteiger charge is -2.22. The van der Waals surface area contributed by atoms with Crippen LogP contribution in [0.1, 0.15) is 39.7 Å². The van der Waals surface area contributed by atoms with Crippen LogP contribution in [0.4, 0.5) is 0 Å². The maximum Gasteiger partial charge on any atom is 0.326 e. The van der Waals surface area contributed by atoms with Gasteiger partial charge in [0.15, 0.2) is 0 Å². The second-order valence-corrected chi connectivity index (χ2v) is 8.51. The lowest BCUT2D eigenvalue weighted by Crippen LogP contribution is -2.54. The van der Waals surface area contributed by atoms with Crippen molar-refractivity contribution in [1.29, 1.82) is 0 Å². The van der Waals surface area contributed by atoms with Crippen LogP contribution in [0.5, 0.6) is 5.75 Å². The van der Waals surface area contributed by atoms with Crippen molar-refractivity contribution in [2.24, 2.45) is 17.6 Å². The molecule has 0 saturated carbocycles. The lowest BCUT2D eigenvalue weighted by molar-refractivity contribution is -0.143. The Kier molecular flexibility index (Phi) is 10.6. The Labute approximate surface area is 187 Å². The zero-order chi connectivity index (χ0) is 24.4. The Balaban J connectivity index is 2.84. The highest BCUT2D eigenvalue weighted by atomic mass is 16.4. The summed E-state index contributed by atoms with van der Waals surface area (Å²) < 4.78 is 0. The molecule has 0 radical (unpaired) electrons. The molecular formula is C22H34N4O6. The van der Waals surface area contributed by atoms with Crippen LogP contribution in [-0.4, -0.2) is 58.6 Å². The first kappa shape index (κ1) is 26.9. The van der Waals surface area contributed by atoms with Crippen molar-refractivity contribution < 1.29 is 29.4 Å². The second kappa shape index (κ2) is 12.7. The van der Waals surface area contributed by atoms with Gasteiger partial charge in [-0.3, -0.25) is 14.4 Å². The molecule has 0 spiro atoms. The van der Waals surface area contributed by atoms with Gasteiger partial charge in [-0.1, -0.05) is 39.8 Å². The van der Waals surface area contributed by atoms with Gasteiger partial charge in [-0.05, 0) is 36.0 Å². The molecule has 0 fully saturated rings. The first-order valence-electron chi connectivity index (χ1n) is 10.5. The number of hydrogen-bond acceptors (Lipinski definition) is 6. The van der Waals surface area contributed by atoms with Crippen LogP contribution in [0.3, 0.4) is 0 Å². The predicted octanol–water partition coefficient (Wildman–Crippen LogP) is 0.135. The molecule has 32 heavy (non-hydrogen) atoms. The Morgan fingerprint density at radius 3 is 2.06 bits per heavy atom. The summed E-state index contributed by atoms with van der Waals surface area (Å²) in [6, 6.07) is 3.25. The molecule has 7 N–H and O–H groups in total. The van der Waals surface area contributed by atoms with Crippen LogP contribution in [0, 0.1) is 11.8 Å². The summed E-state index contributed by atoms with van der Waals surface area (Å²) >= 11 is 0. The number of carbonyl (C=O) groups is 4. The third kappa shape index (κ3) is 9.34. The molecule has 0 heterocycles. The summed E-state index contributed by atoms with van der Waals surface area (Å²) in [5, 5.41) is 26.0. The predicted molar refractivity (Wildman–Crippen MR) is 119 cm³/mol. The number of carbonyl (C=O) groups excluding carboxylic acids is 3. The number of aliphatic carboxylic acids is 1. The molecule has 0 aromatic heterocycles. The van der Waals surface area contributed by atoms with E-state index in [1.54, 1.807) is 26.0 Å². The van der Waals surface area contributed by atoms with E-state index in [1.807, 2.05) is 13.8 Å². The SMILES string of the molecule is CC(C)CC(N)C(=O)NC(Cc1ccc(O)cc1)C(=O)NCC(=O)NC(C(=O)O)C(C)C. The number of benzene rings is 1. The van der Waals surface area contributed by atoms with Crippen LogP contribution in [-0.2, 0) is 25.6 Å². The zero-order valence-electron chi connectivity index (χ0n) is 18.9. The van der Waals surface area contributed by atoms with Crippen LogP contribution < -0.4 is 21.7 Å². The molecule has 0 aliphatic heterocycles. The first-order chi connectivity index (χ1) is 14.9. The van der Waals surface area contributed by atoms with E-state index in [2.05, 4.69) is 16.0 Å². The monoisotopic (exact) mass is 450 g/mol. The molecule has 10 nitrogen and oxygen atoms in total. The lowest BCUT2D eigenvalue weighted by atomic mass is 10.0. The molecule has 0 saturated heterocycles. The fourth-order valence-electron chi connectivity index (χ4n) is 3.00. The summed E-state index contributed by atoms with van der Waals surface area (Å²) in [7, 11) is 0. The molecule has 3 amide bonds. The number of aromatic hydroxyl groups is 1. The van der Waals surface area contributed by atoms with Crippen LogP contribution in [0.2, 0.25) is 0 Å². The van der Waals surface area contributed by atoms with Crippen molar-refractivity contribution >= 4 is 23.7 Å². The van der Waals surface area contributed by atoms with E-state index < -0.39 is 48.4 Å². The highest BCUT2D eigenvalue weighted by Gasteiger charge is 2.26. The maximum absolute atomic E-state index is 12.7. The maximum atomic E-state index is 12.7. The number of amides is 3. The van der Waals surface area contributed by atoms with Gasteiger partial charge >= 0.3 is 5.97 Å². The normalized spacial score (nSPS) is 13.8. The van der Waals surface area contributed by atoms with Gasteiger partial charge in [0.05, 0.1) is 12.6 Å². The molecule has 1 aromatic rings. The van der Waals surface area contributed by atoms with Crippen molar-refractivity contribution in [2.75, 3.05) is 6.54 Å². The molecule has 178 valence electrons. The molecule has 1 aromatic carbocycles. The van der Waals surface area contributed by atoms with Crippen LogP contribution in [0.25, 0.3) is 0 Å². The third-order valence-electron chi connectivity index (χ3n) is 4.74. The van der Waals surface area contributed by atoms with Gasteiger partial charge in [-0.2, -0.15) is 0 Å². The molecule has 10 heteroatoms. The third-order valence-corrected chi connectivity index (χ3v) is 4.74. The number of carboxylic acids is 1. The van der Waals surface area contributed by atoms with Gasteiger partial charge in [0.25, 0.3) is 0 Å². The summed E-state index contributed by atoms with van der Waals surface area (Å²) in [5.41, 5.74) is 6.59. The van der Waals surface area contributed by atoms with E-state index in [1.165, 1.54) is 12.1 Å². The second-order valence-electron chi connectivity index (χ2n) is 8.51. The topological polar surface area (TPSA) is 171 Å². The van der Waals surface area contributed by atoms with Crippen molar-refractivity contribution in [2.45, 2.75) is 58.7 Å². The highest BCUT2D eigenvalue weighted by molar-refractivity contribution is 5.92. The highest BCUT2D eigenvalue weighted by Crippen LogP contribution is 2.12. The average Bonchev–Trinajstić information content (AvgIpc) is 2.70. The van der Waals surface area contributed by atoms with Crippen molar-refractivity contribution in [3.63, 3.8) is 0 Å². The first-order valence-corrected chi connectivity index (χ1v) is 10.5. The fraction of sp³-hybridized carbons (Fsp3) is 0.545. The Morgan fingerprint density at radius 1 is 0.969 bits per heavy atom. The Hall–Kier alpha value is -3.14. The molecule has 0 aliphatic rings.